The Balaban J connectivity index is 2.02. The molecule has 3 unspecified atom stereocenters. The van der Waals surface area contributed by atoms with Gasteiger partial charge in [-0.1, -0.05) is 0 Å². The number of nitrogens with one attached hydrogen (secondary N) is 1. The Labute approximate surface area is 113 Å². The SMILES string of the molecule is COCCNC(c1nc(C)cs1)C1CCC(C)O1. The van der Waals surface area contributed by atoms with E-state index < -0.39 is 0 Å². The van der Waals surface area contributed by atoms with Gasteiger partial charge in [-0.3, -0.25) is 0 Å². The van der Waals surface area contributed by atoms with Crippen molar-refractivity contribution < 1.29 is 9.47 Å². The first kappa shape index (κ1) is 13.9. The molecule has 1 N–H and O–H groups in total. The second-order valence-electron chi connectivity index (χ2n) is 4.81. The normalized spacial score (nSPS) is 25.5. The van der Waals surface area contributed by atoms with Gasteiger partial charge in [0, 0.05) is 24.7 Å². The van der Waals surface area contributed by atoms with Gasteiger partial charge in [-0.15, -0.1) is 11.3 Å². The molecule has 2 rings (SSSR count). The number of aryl methyl sites for hydroxylation is 1. The molecule has 1 aliphatic rings. The quantitative estimate of drug-likeness (QED) is 0.806. The van der Waals surface area contributed by atoms with Crippen LogP contribution in [0.5, 0.6) is 0 Å². The summed E-state index contributed by atoms with van der Waals surface area (Å²) in [6.45, 7) is 5.71. The van der Waals surface area contributed by atoms with Gasteiger partial charge in [-0.25, -0.2) is 4.98 Å². The van der Waals surface area contributed by atoms with Crippen molar-refractivity contribution in [3.8, 4) is 0 Å². The molecule has 3 atom stereocenters. The number of aromatic nitrogens is 1. The van der Waals surface area contributed by atoms with Crippen LogP contribution in [0.3, 0.4) is 0 Å². The maximum absolute atomic E-state index is 5.98. The molecule has 0 bridgehead atoms. The average molecular weight is 270 g/mol. The summed E-state index contributed by atoms with van der Waals surface area (Å²) in [5.41, 5.74) is 1.08. The average Bonchev–Trinajstić information content (AvgIpc) is 2.94. The summed E-state index contributed by atoms with van der Waals surface area (Å²) in [6, 6.07) is 0.198. The number of thiazole rings is 1. The third kappa shape index (κ3) is 3.51. The summed E-state index contributed by atoms with van der Waals surface area (Å²) >= 11 is 1.71. The Morgan fingerprint density at radius 2 is 2.44 bits per heavy atom. The molecule has 0 spiro atoms. The van der Waals surface area contributed by atoms with Crippen LogP contribution in [0.1, 0.15) is 36.5 Å². The van der Waals surface area contributed by atoms with Gasteiger partial charge in [-0.2, -0.15) is 0 Å². The molecule has 1 saturated heterocycles. The van der Waals surface area contributed by atoms with E-state index in [2.05, 4.69) is 22.6 Å². The topological polar surface area (TPSA) is 43.4 Å². The lowest BCUT2D eigenvalue weighted by Crippen LogP contribution is -2.34. The molecule has 1 fully saturated rings. The zero-order chi connectivity index (χ0) is 13.0. The fourth-order valence-corrected chi connectivity index (χ4v) is 3.21. The van der Waals surface area contributed by atoms with Crippen LogP contribution in [0.2, 0.25) is 0 Å². The minimum atomic E-state index is 0.198. The standard InChI is InChI=1S/C13H22N2O2S/c1-9-8-18-13(15-9)12(14-6-7-16-3)11-5-4-10(2)17-11/h8,10-12,14H,4-7H2,1-3H3. The molecule has 5 heteroatoms. The number of hydrogen-bond donors (Lipinski definition) is 1. The molecular formula is C13H22N2O2S. The monoisotopic (exact) mass is 270 g/mol. The second kappa shape index (κ2) is 6.61. The minimum Gasteiger partial charge on any atom is -0.383 e. The van der Waals surface area contributed by atoms with Crippen LogP contribution >= 0.6 is 11.3 Å². The van der Waals surface area contributed by atoms with Crippen LogP contribution in [0.4, 0.5) is 0 Å². The number of methoxy groups -OCH3 is 1. The van der Waals surface area contributed by atoms with Gasteiger partial charge < -0.3 is 14.8 Å². The molecule has 4 nitrogen and oxygen atoms in total. The molecule has 2 heterocycles. The molecule has 102 valence electrons. The van der Waals surface area contributed by atoms with E-state index in [1.807, 2.05) is 6.92 Å². The van der Waals surface area contributed by atoms with Crippen molar-refractivity contribution in [1.82, 2.24) is 10.3 Å². The summed E-state index contributed by atoms with van der Waals surface area (Å²) < 4.78 is 11.1. The van der Waals surface area contributed by atoms with E-state index in [1.54, 1.807) is 18.4 Å². The van der Waals surface area contributed by atoms with Crippen LogP contribution in [0, 0.1) is 6.92 Å². The van der Waals surface area contributed by atoms with Crippen molar-refractivity contribution in [3.05, 3.63) is 16.1 Å². The van der Waals surface area contributed by atoms with Gasteiger partial charge in [0.05, 0.1) is 24.9 Å². The molecule has 1 aliphatic heterocycles. The lowest BCUT2D eigenvalue weighted by atomic mass is 10.1. The van der Waals surface area contributed by atoms with Crippen LogP contribution < -0.4 is 5.32 Å². The maximum atomic E-state index is 5.98. The number of hydrogen-bond acceptors (Lipinski definition) is 5. The van der Waals surface area contributed by atoms with E-state index in [0.717, 1.165) is 30.1 Å². The molecule has 18 heavy (non-hydrogen) atoms. The first-order valence-corrected chi connectivity index (χ1v) is 7.38. The predicted octanol–water partition coefficient (Wildman–Crippen LogP) is 2.30. The van der Waals surface area contributed by atoms with E-state index in [-0.39, 0.29) is 12.1 Å². The van der Waals surface area contributed by atoms with E-state index in [9.17, 15) is 0 Å². The van der Waals surface area contributed by atoms with E-state index in [1.165, 1.54) is 0 Å². The fraction of sp³-hybridized carbons (Fsp3) is 0.769. The Kier molecular flexibility index (Phi) is 5.12. The Morgan fingerprint density at radius 3 is 3.00 bits per heavy atom. The van der Waals surface area contributed by atoms with Crippen molar-refractivity contribution in [2.24, 2.45) is 0 Å². The van der Waals surface area contributed by atoms with Gasteiger partial charge in [0.15, 0.2) is 0 Å². The van der Waals surface area contributed by atoms with E-state index in [4.69, 9.17) is 9.47 Å². The van der Waals surface area contributed by atoms with Gasteiger partial charge in [0.2, 0.25) is 0 Å². The smallest absolute Gasteiger partial charge is 0.112 e. The van der Waals surface area contributed by atoms with Gasteiger partial charge in [-0.05, 0) is 26.7 Å². The van der Waals surface area contributed by atoms with Crippen LogP contribution in [0.15, 0.2) is 5.38 Å². The maximum Gasteiger partial charge on any atom is 0.112 e. The second-order valence-corrected chi connectivity index (χ2v) is 5.70. The highest BCUT2D eigenvalue weighted by Gasteiger charge is 2.31. The van der Waals surface area contributed by atoms with Crippen molar-refractivity contribution in [2.75, 3.05) is 20.3 Å². The Hall–Kier alpha value is -0.490. The number of nitrogens with zero attached hydrogens (tertiary/aromatic N) is 1. The molecule has 1 aromatic heterocycles. The summed E-state index contributed by atoms with van der Waals surface area (Å²) in [5, 5.41) is 6.73. The van der Waals surface area contributed by atoms with Crippen LogP contribution in [0.25, 0.3) is 0 Å². The predicted molar refractivity (Wildman–Crippen MR) is 73.0 cm³/mol. The summed E-state index contributed by atoms with van der Waals surface area (Å²) in [5.74, 6) is 0. The third-order valence-electron chi connectivity index (χ3n) is 3.21. The van der Waals surface area contributed by atoms with E-state index in [0.29, 0.717) is 12.7 Å². The number of rotatable bonds is 6. The highest BCUT2D eigenvalue weighted by molar-refractivity contribution is 7.09. The molecule has 0 amide bonds. The van der Waals surface area contributed by atoms with Gasteiger partial charge >= 0.3 is 0 Å². The zero-order valence-corrected chi connectivity index (χ0v) is 12.1. The Bertz CT molecular complexity index is 370. The molecule has 0 aliphatic carbocycles. The molecule has 0 aromatic carbocycles. The van der Waals surface area contributed by atoms with Gasteiger partial charge in [0.25, 0.3) is 0 Å². The summed E-state index contributed by atoms with van der Waals surface area (Å²) in [4.78, 5) is 4.59. The molecular weight excluding hydrogens is 248 g/mol. The minimum absolute atomic E-state index is 0.198. The zero-order valence-electron chi connectivity index (χ0n) is 11.3. The van der Waals surface area contributed by atoms with Crippen molar-refractivity contribution >= 4 is 11.3 Å². The number of ether oxygens (including phenoxy) is 2. The van der Waals surface area contributed by atoms with E-state index >= 15 is 0 Å². The molecule has 1 aromatic rings. The van der Waals surface area contributed by atoms with Gasteiger partial charge in [0.1, 0.15) is 5.01 Å². The molecule has 0 radical (unpaired) electrons. The van der Waals surface area contributed by atoms with Crippen molar-refractivity contribution in [2.45, 2.75) is 44.9 Å². The van der Waals surface area contributed by atoms with Crippen LogP contribution in [-0.4, -0.2) is 37.5 Å². The summed E-state index contributed by atoms with van der Waals surface area (Å²) in [6.07, 6.45) is 2.84. The first-order chi connectivity index (χ1) is 8.70. The first-order valence-electron chi connectivity index (χ1n) is 6.50. The fourth-order valence-electron chi connectivity index (χ4n) is 2.29. The van der Waals surface area contributed by atoms with Crippen molar-refractivity contribution in [3.63, 3.8) is 0 Å². The highest BCUT2D eigenvalue weighted by atomic mass is 32.1. The Morgan fingerprint density at radius 1 is 1.61 bits per heavy atom. The summed E-state index contributed by atoms with van der Waals surface area (Å²) in [7, 11) is 1.72. The lowest BCUT2D eigenvalue weighted by Gasteiger charge is -2.23. The lowest BCUT2D eigenvalue weighted by molar-refractivity contribution is 0.0299. The highest BCUT2D eigenvalue weighted by Crippen LogP contribution is 2.31. The third-order valence-corrected chi connectivity index (χ3v) is 4.26. The van der Waals surface area contributed by atoms with Crippen LogP contribution in [-0.2, 0) is 9.47 Å². The largest absolute Gasteiger partial charge is 0.383 e. The van der Waals surface area contributed by atoms with Crippen molar-refractivity contribution in [1.29, 1.82) is 0 Å². The molecule has 0 saturated carbocycles.